The van der Waals surface area contributed by atoms with Gasteiger partial charge in [-0.15, -0.1) is 0 Å². The lowest BCUT2D eigenvalue weighted by Crippen LogP contribution is -2.62. The fourth-order valence-corrected chi connectivity index (χ4v) is 7.20. The predicted octanol–water partition coefficient (Wildman–Crippen LogP) is 2.80. The monoisotopic (exact) mass is 507 g/mol. The quantitative estimate of drug-likeness (QED) is 0.580. The third-order valence-corrected chi connectivity index (χ3v) is 9.74. The third-order valence-electron chi connectivity index (χ3n) is 9.44. The largest absolute Gasteiger partial charge is 0.389 e. The molecule has 7 rings (SSSR count). The summed E-state index contributed by atoms with van der Waals surface area (Å²) in [6, 6.07) is 6.58. The molecule has 2 aliphatic heterocycles. The van der Waals surface area contributed by atoms with E-state index in [2.05, 4.69) is 44.8 Å². The summed E-state index contributed by atoms with van der Waals surface area (Å²) in [6.45, 7) is 6.38. The van der Waals surface area contributed by atoms with Gasteiger partial charge < -0.3 is 14.7 Å². The van der Waals surface area contributed by atoms with Crippen LogP contribution in [0, 0.1) is 23.2 Å². The van der Waals surface area contributed by atoms with Gasteiger partial charge >= 0.3 is 0 Å². The molecule has 2 saturated heterocycles. The molecule has 9 nitrogen and oxygen atoms in total. The van der Waals surface area contributed by atoms with E-state index in [-0.39, 0.29) is 17.0 Å². The molecule has 1 aromatic carbocycles. The Morgan fingerprint density at radius 3 is 2.69 bits per heavy atom. The molecular formula is C26H30ClN7O2. The van der Waals surface area contributed by atoms with Crippen molar-refractivity contribution in [1.82, 2.24) is 24.5 Å². The minimum Gasteiger partial charge on any atom is -0.389 e. The number of halogens is 1. The van der Waals surface area contributed by atoms with Crippen LogP contribution in [0.4, 0.5) is 5.69 Å². The molecule has 4 heterocycles. The van der Waals surface area contributed by atoms with E-state index in [0.717, 1.165) is 72.7 Å². The topological polar surface area (TPSA) is 95.4 Å². The minimum atomic E-state index is -0.459. The summed E-state index contributed by atoms with van der Waals surface area (Å²) in [7, 11) is 0. The number of rotatable bonds is 4. The lowest BCUT2D eigenvalue weighted by Gasteiger charge is -2.60. The Labute approximate surface area is 214 Å². The normalized spacial score (nSPS) is 34.3. The number of hydrogen-bond acceptors (Lipinski definition) is 7. The van der Waals surface area contributed by atoms with Gasteiger partial charge in [0.1, 0.15) is 5.69 Å². The zero-order chi connectivity index (χ0) is 24.7. The first kappa shape index (κ1) is 22.5. The number of piperazine rings is 1. The van der Waals surface area contributed by atoms with Gasteiger partial charge in [0.05, 0.1) is 77.2 Å². The molecule has 0 radical (unpaired) electrons. The Bertz CT molecular complexity index is 1370. The van der Waals surface area contributed by atoms with Crippen LogP contribution in [0.1, 0.15) is 26.2 Å². The van der Waals surface area contributed by atoms with Crippen LogP contribution in [0.3, 0.4) is 0 Å². The Morgan fingerprint density at radius 1 is 1.19 bits per heavy atom. The highest BCUT2D eigenvalue weighted by Gasteiger charge is 2.62. The number of aromatic nitrogens is 4. The number of nitriles is 1. The van der Waals surface area contributed by atoms with Gasteiger partial charge in [0, 0.05) is 37.5 Å². The second kappa shape index (κ2) is 7.93. The predicted molar refractivity (Wildman–Crippen MR) is 135 cm³/mol. The first-order valence-corrected chi connectivity index (χ1v) is 13.2. The maximum absolute atomic E-state index is 10.4. The standard InChI is InChI=1S/C26H30ClN7O2/c1-25(16-36-15-24(25)35)32-6-4-31(5-7-32)23-9-22-17(8-21(23)27)12-30-34(22)19-13-29-33(14-19)26-3-2-20(26)18(10-26)11-28/h8-9,12-14,18,20,24,35H,2-7,10,15-16H2,1H3/t18?,20?,24-,25+,26?/m0/s1. The molecule has 188 valence electrons. The van der Waals surface area contributed by atoms with Crippen LogP contribution in [0.25, 0.3) is 16.6 Å². The molecular weight excluding hydrogens is 478 g/mol. The van der Waals surface area contributed by atoms with Crippen LogP contribution < -0.4 is 4.90 Å². The van der Waals surface area contributed by atoms with Crippen molar-refractivity contribution in [1.29, 1.82) is 5.26 Å². The molecule has 0 amide bonds. The van der Waals surface area contributed by atoms with Crippen LogP contribution in [0.5, 0.6) is 0 Å². The van der Waals surface area contributed by atoms with E-state index in [0.29, 0.717) is 19.1 Å². The summed E-state index contributed by atoms with van der Waals surface area (Å²) in [5.41, 5.74) is 2.61. The summed E-state index contributed by atoms with van der Waals surface area (Å²) < 4.78 is 9.56. The Morgan fingerprint density at radius 2 is 2.03 bits per heavy atom. The lowest BCUT2D eigenvalue weighted by atomic mass is 9.48. The number of nitrogens with zero attached hydrogens (tertiary/aromatic N) is 7. The molecule has 5 atom stereocenters. The number of fused-ring (bicyclic) bond motifs is 2. The fourth-order valence-electron chi connectivity index (χ4n) is 6.91. The molecule has 10 heteroatoms. The van der Waals surface area contributed by atoms with Crippen molar-refractivity contribution in [2.75, 3.05) is 44.3 Å². The van der Waals surface area contributed by atoms with Crippen molar-refractivity contribution >= 4 is 28.2 Å². The van der Waals surface area contributed by atoms with Gasteiger partial charge in [-0.25, -0.2) is 4.68 Å². The number of aliphatic hydroxyl groups is 1. The van der Waals surface area contributed by atoms with Crippen molar-refractivity contribution < 1.29 is 9.84 Å². The average molecular weight is 508 g/mol. The second-order valence-corrected chi connectivity index (χ2v) is 11.5. The summed E-state index contributed by atoms with van der Waals surface area (Å²) in [6.07, 6.45) is 8.43. The molecule has 1 N–H and O–H groups in total. The molecule has 0 bridgehead atoms. The molecule has 2 aromatic heterocycles. The zero-order valence-electron chi connectivity index (χ0n) is 20.3. The van der Waals surface area contributed by atoms with E-state index in [4.69, 9.17) is 21.4 Å². The molecule has 36 heavy (non-hydrogen) atoms. The van der Waals surface area contributed by atoms with E-state index in [1.54, 1.807) is 0 Å². The van der Waals surface area contributed by atoms with Crippen LogP contribution in [-0.4, -0.2) is 80.6 Å². The fraction of sp³-hybridized carbons (Fsp3) is 0.577. The average Bonchev–Trinajstić information content (AvgIpc) is 3.59. The highest BCUT2D eigenvalue weighted by Crippen LogP contribution is 2.62. The first-order valence-electron chi connectivity index (χ1n) is 12.8. The van der Waals surface area contributed by atoms with Crippen LogP contribution in [-0.2, 0) is 10.3 Å². The van der Waals surface area contributed by atoms with E-state index in [1.807, 2.05) is 23.1 Å². The van der Waals surface area contributed by atoms with Crippen LogP contribution in [0.15, 0.2) is 30.7 Å². The van der Waals surface area contributed by atoms with E-state index in [1.165, 1.54) is 0 Å². The van der Waals surface area contributed by atoms with Crippen molar-refractivity contribution in [2.24, 2.45) is 11.8 Å². The molecule has 0 spiro atoms. The van der Waals surface area contributed by atoms with Crippen molar-refractivity contribution in [2.45, 2.75) is 43.4 Å². The van der Waals surface area contributed by atoms with Crippen molar-refractivity contribution in [3.05, 3.63) is 35.7 Å². The van der Waals surface area contributed by atoms with Gasteiger partial charge in [-0.2, -0.15) is 15.5 Å². The van der Waals surface area contributed by atoms with Gasteiger partial charge in [-0.1, -0.05) is 11.6 Å². The molecule has 2 aliphatic carbocycles. The number of benzene rings is 1. The van der Waals surface area contributed by atoms with Gasteiger partial charge in [0.25, 0.3) is 0 Å². The minimum absolute atomic E-state index is 0.0182. The second-order valence-electron chi connectivity index (χ2n) is 11.1. The third kappa shape index (κ3) is 3.05. The summed E-state index contributed by atoms with van der Waals surface area (Å²) in [5.74, 6) is 0.585. The van der Waals surface area contributed by atoms with Gasteiger partial charge in [0.15, 0.2) is 0 Å². The SMILES string of the molecule is C[C@@]1(N2CCN(c3cc4c(cnn4-c4cnn(C56CCC5C(C#N)C6)c4)cc3Cl)CC2)COC[C@@H]1O. The summed E-state index contributed by atoms with van der Waals surface area (Å²) >= 11 is 6.75. The number of anilines is 1. The van der Waals surface area contributed by atoms with E-state index >= 15 is 0 Å². The molecule has 4 fully saturated rings. The highest BCUT2D eigenvalue weighted by atomic mass is 35.5. The first-order chi connectivity index (χ1) is 17.4. The van der Waals surface area contributed by atoms with Crippen molar-refractivity contribution in [3.63, 3.8) is 0 Å². The molecule has 2 saturated carbocycles. The summed E-state index contributed by atoms with van der Waals surface area (Å²) in [5, 5.41) is 30.9. The maximum Gasteiger partial charge on any atom is 0.103 e. The van der Waals surface area contributed by atoms with Crippen LogP contribution >= 0.6 is 11.6 Å². The van der Waals surface area contributed by atoms with Crippen LogP contribution in [0.2, 0.25) is 5.02 Å². The van der Waals surface area contributed by atoms with Gasteiger partial charge in [0.2, 0.25) is 0 Å². The molecule has 3 aromatic rings. The van der Waals surface area contributed by atoms with Gasteiger partial charge in [-0.3, -0.25) is 9.58 Å². The maximum atomic E-state index is 10.4. The van der Waals surface area contributed by atoms with Gasteiger partial charge in [-0.05, 0) is 38.3 Å². The van der Waals surface area contributed by atoms with E-state index < -0.39 is 6.10 Å². The highest BCUT2D eigenvalue weighted by molar-refractivity contribution is 6.34. The smallest absolute Gasteiger partial charge is 0.103 e. The molecule has 3 unspecified atom stereocenters. The van der Waals surface area contributed by atoms with Crippen molar-refractivity contribution in [3.8, 4) is 11.8 Å². The Hall–Kier alpha value is -2.64. The van der Waals surface area contributed by atoms with E-state index in [9.17, 15) is 10.4 Å². The Balaban J connectivity index is 1.14. The zero-order valence-corrected chi connectivity index (χ0v) is 21.1. The number of aliphatic hydroxyl groups excluding tert-OH is 1. The Kier molecular flexibility index (Phi) is 4.97. The number of ether oxygens (including phenoxy) is 1. The summed E-state index contributed by atoms with van der Waals surface area (Å²) in [4.78, 5) is 4.66. The lowest BCUT2D eigenvalue weighted by molar-refractivity contribution is -0.103. The molecule has 4 aliphatic rings. The number of hydrogen-bond donors (Lipinski definition) is 1.